The molecule has 0 spiro atoms. The van der Waals surface area contributed by atoms with Gasteiger partial charge in [-0.15, -0.1) is 0 Å². The third kappa shape index (κ3) is 4.32. The molecule has 2 aromatic rings. The Balaban J connectivity index is 1.83. The molecule has 28 heavy (non-hydrogen) atoms. The zero-order valence-electron chi connectivity index (χ0n) is 15.0. The van der Waals surface area contributed by atoms with Gasteiger partial charge in [0.25, 0.3) is 5.91 Å². The Labute approximate surface area is 160 Å². The monoisotopic (exact) mass is 415 g/mol. The van der Waals surface area contributed by atoms with Gasteiger partial charge in [-0.05, 0) is 18.2 Å². The molecule has 0 unspecified atom stereocenters. The average molecular weight is 415 g/mol. The Hall–Kier alpha value is -2.50. The molecule has 8 nitrogen and oxygen atoms in total. The van der Waals surface area contributed by atoms with E-state index in [2.05, 4.69) is 10.1 Å². The van der Waals surface area contributed by atoms with Crippen molar-refractivity contribution in [2.24, 2.45) is 7.05 Å². The van der Waals surface area contributed by atoms with E-state index >= 15 is 0 Å². The van der Waals surface area contributed by atoms with Gasteiger partial charge >= 0.3 is 6.61 Å². The lowest BCUT2D eigenvalue weighted by atomic mass is 10.3. The first kappa shape index (κ1) is 20.2. The molecular weight excluding hydrogens is 396 g/mol. The number of para-hydroxylation sites is 2. The summed E-state index contributed by atoms with van der Waals surface area (Å²) in [5, 5.41) is 2.47. The second-order valence-corrected chi connectivity index (χ2v) is 7.96. The number of benzene rings is 1. The molecule has 0 radical (unpaired) electrons. The number of morpholine rings is 1. The minimum Gasteiger partial charge on any atom is -0.433 e. The SMILES string of the molecule is Cn1cc(S(=O)(=O)N2CCOCC2)cc1C(=O)Nc1ccccc1OC(F)F. The molecule has 1 aromatic carbocycles. The van der Waals surface area contributed by atoms with Gasteiger partial charge in [-0.3, -0.25) is 4.79 Å². The minimum atomic E-state index is -3.77. The molecule has 1 aliphatic heterocycles. The number of carbonyl (C=O) groups excluding carboxylic acids is 1. The highest BCUT2D eigenvalue weighted by Crippen LogP contribution is 2.27. The molecule has 0 aliphatic carbocycles. The number of anilines is 1. The third-order valence-corrected chi connectivity index (χ3v) is 6.04. The zero-order valence-corrected chi connectivity index (χ0v) is 15.8. The smallest absolute Gasteiger partial charge is 0.387 e. The molecular formula is C17H19F2N3O5S. The number of nitrogens with zero attached hydrogens (tertiary/aromatic N) is 2. The lowest BCUT2D eigenvalue weighted by molar-refractivity contribution is -0.0493. The summed E-state index contributed by atoms with van der Waals surface area (Å²) in [4.78, 5) is 12.6. The molecule has 0 saturated carbocycles. The van der Waals surface area contributed by atoms with Crippen LogP contribution in [0, 0.1) is 0 Å². The molecule has 3 rings (SSSR count). The van der Waals surface area contributed by atoms with E-state index in [-0.39, 0.29) is 35.1 Å². The number of alkyl halides is 2. The van der Waals surface area contributed by atoms with E-state index < -0.39 is 22.5 Å². The van der Waals surface area contributed by atoms with Gasteiger partial charge in [0, 0.05) is 26.3 Å². The predicted molar refractivity (Wildman–Crippen MR) is 96.0 cm³/mol. The molecule has 1 aromatic heterocycles. The van der Waals surface area contributed by atoms with E-state index in [1.54, 1.807) is 6.07 Å². The Morgan fingerprint density at radius 1 is 1.25 bits per heavy atom. The number of ether oxygens (including phenoxy) is 2. The van der Waals surface area contributed by atoms with Crippen LogP contribution < -0.4 is 10.1 Å². The van der Waals surface area contributed by atoms with E-state index in [4.69, 9.17) is 4.74 Å². The number of carbonyl (C=O) groups is 1. The van der Waals surface area contributed by atoms with Crippen molar-refractivity contribution in [3.63, 3.8) is 0 Å². The lowest BCUT2D eigenvalue weighted by Crippen LogP contribution is -2.40. The van der Waals surface area contributed by atoms with Crippen LogP contribution in [0.15, 0.2) is 41.4 Å². The van der Waals surface area contributed by atoms with Crippen LogP contribution in [0.3, 0.4) is 0 Å². The second kappa shape index (κ2) is 8.25. The highest BCUT2D eigenvalue weighted by molar-refractivity contribution is 7.89. The van der Waals surface area contributed by atoms with Crippen LogP contribution in [-0.4, -0.2) is 56.1 Å². The molecule has 1 fully saturated rings. The Morgan fingerprint density at radius 3 is 2.61 bits per heavy atom. The van der Waals surface area contributed by atoms with Gasteiger partial charge in [0.1, 0.15) is 16.3 Å². The lowest BCUT2D eigenvalue weighted by Gasteiger charge is -2.25. The number of nitrogens with one attached hydrogen (secondary N) is 1. The molecule has 0 atom stereocenters. The second-order valence-electron chi connectivity index (χ2n) is 6.02. The molecule has 1 amide bonds. The van der Waals surface area contributed by atoms with Gasteiger partial charge < -0.3 is 19.4 Å². The van der Waals surface area contributed by atoms with Crippen LogP contribution in [0.2, 0.25) is 0 Å². The van der Waals surface area contributed by atoms with Gasteiger partial charge in [0.15, 0.2) is 0 Å². The van der Waals surface area contributed by atoms with Crippen LogP contribution in [0.25, 0.3) is 0 Å². The number of rotatable bonds is 6. The van der Waals surface area contributed by atoms with E-state index in [0.717, 1.165) is 0 Å². The summed E-state index contributed by atoms with van der Waals surface area (Å²) in [5.41, 5.74) is 0.102. The molecule has 1 saturated heterocycles. The fourth-order valence-electron chi connectivity index (χ4n) is 2.79. The average Bonchev–Trinajstić information content (AvgIpc) is 3.06. The Bertz CT molecular complexity index is 955. The van der Waals surface area contributed by atoms with Crippen LogP contribution in [0.1, 0.15) is 10.5 Å². The normalized spacial score (nSPS) is 15.6. The number of halogens is 2. The first-order chi connectivity index (χ1) is 13.3. The summed E-state index contributed by atoms with van der Waals surface area (Å²) in [6.07, 6.45) is 1.33. The van der Waals surface area contributed by atoms with Crippen LogP contribution in [-0.2, 0) is 21.8 Å². The van der Waals surface area contributed by atoms with Crippen molar-refractivity contribution in [2.75, 3.05) is 31.6 Å². The van der Waals surface area contributed by atoms with Crippen molar-refractivity contribution in [3.8, 4) is 5.75 Å². The minimum absolute atomic E-state index is 0.0286. The molecule has 1 aliphatic rings. The maximum Gasteiger partial charge on any atom is 0.387 e. The van der Waals surface area contributed by atoms with Gasteiger partial charge in [0.05, 0.1) is 18.9 Å². The molecule has 0 bridgehead atoms. The van der Waals surface area contributed by atoms with Gasteiger partial charge in [-0.25, -0.2) is 8.42 Å². The topological polar surface area (TPSA) is 89.9 Å². The molecule has 152 valence electrons. The highest BCUT2D eigenvalue weighted by Gasteiger charge is 2.29. The van der Waals surface area contributed by atoms with Crippen LogP contribution in [0.4, 0.5) is 14.5 Å². The summed E-state index contributed by atoms with van der Waals surface area (Å²) in [7, 11) is -2.24. The Kier molecular flexibility index (Phi) is 5.96. The zero-order chi connectivity index (χ0) is 20.3. The summed E-state index contributed by atoms with van der Waals surface area (Å²) in [6, 6.07) is 6.98. The fourth-order valence-corrected chi connectivity index (χ4v) is 4.27. The molecule has 1 N–H and O–H groups in total. The number of amides is 1. The van der Waals surface area contributed by atoms with Crippen molar-refractivity contribution in [1.29, 1.82) is 0 Å². The third-order valence-electron chi connectivity index (χ3n) is 4.17. The van der Waals surface area contributed by atoms with Gasteiger partial charge in [-0.1, -0.05) is 12.1 Å². The van der Waals surface area contributed by atoms with E-state index in [1.807, 2.05) is 0 Å². The number of sulfonamides is 1. The standard InChI is InChI=1S/C17H19F2N3O5S/c1-21-11-12(28(24,25)22-6-8-26-9-7-22)10-14(21)16(23)20-13-4-2-3-5-15(13)27-17(18)19/h2-5,10-11,17H,6-9H2,1H3,(H,20,23). The summed E-state index contributed by atoms with van der Waals surface area (Å²) >= 11 is 0. The summed E-state index contributed by atoms with van der Waals surface area (Å²) < 4.78 is 62.7. The predicted octanol–water partition coefficient (Wildman–Crippen LogP) is 1.90. The number of hydrogen-bond acceptors (Lipinski definition) is 5. The van der Waals surface area contributed by atoms with Gasteiger partial charge in [-0.2, -0.15) is 13.1 Å². The van der Waals surface area contributed by atoms with Crippen LogP contribution >= 0.6 is 0 Å². The van der Waals surface area contributed by atoms with Crippen molar-refractivity contribution < 1.29 is 31.5 Å². The highest BCUT2D eigenvalue weighted by atomic mass is 32.2. The first-order valence-corrected chi connectivity index (χ1v) is 9.82. The van der Waals surface area contributed by atoms with E-state index in [0.29, 0.717) is 13.2 Å². The van der Waals surface area contributed by atoms with Crippen molar-refractivity contribution in [2.45, 2.75) is 11.5 Å². The maximum absolute atomic E-state index is 12.7. The van der Waals surface area contributed by atoms with Crippen molar-refractivity contribution >= 4 is 21.6 Å². The van der Waals surface area contributed by atoms with Gasteiger partial charge in [0.2, 0.25) is 10.0 Å². The van der Waals surface area contributed by atoms with Crippen molar-refractivity contribution in [3.05, 3.63) is 42.2 Å². The van der Waals surface area contributed by atoms with E-state index in [1.165, 1.54) is 46.4 Å². The summed E-state index contributed by atoms with van der Waals surface area (Å²) in [6.45, 7) is -1.96. The number of aryl methyl sites for hydroxylation is 1. The van der Waals surface area contributed by atoms with Crippen molar-refractivity contribution in [1.82, 2.24) is 8.87 Å². The quantitative estimate of drug-likeness (QED) is 0.778. The Morgan fingerprint density at radius 2 is 1.93 bits per heavy atom. The number of hydrogen-bond donors (Lipinski definition) is 1. The fraction of sp³-hybridized carbons (Fsp3) is 0.353. The van der Waals surface area contributed by atoms with Crippen LogP contribution in [0.5, 0.6) is 5.75 Å². The molecule has 11 heteroatoms. The van der Waals surface area contributed by atoms with E-state index in [9.17, 15) is 22.0 Å². The molecule has 2 heterocycles. The largest absolute Gasteiger partial charge is 0.433 e. The summed E-state index contributed by atoms with van der Waals surface area (Å²) in [5.74, 6) is -0.850. The number of aromatic nitrogens is 1. The maximum atomic E-state index is 12.7. The first-order valence-electron chi connectivity index (χ1n) is 8.38.